The number of aromatic nitrogens is 1. The number of aliphatic carboxylic acids is 1. The van der Waals surface area contributed by atoms with Crippen LogP contribution in [-0.4, -0.2) is 38.8 Å². The monoisotopic (exact) mass is 612 g/mol. The normalized spacial score (nSPS) is 13.7. The van der Waals surface area contributed by atoms with Crippen molar-refractivity contribution in [3.63, 3.8) is 0 Å². The van der Waals surface area contributed by atoms with Crippen LogP contribution in [0, 0.1) is 0 Å². The molecular formula is C28H36Cl2NO6SSi+. The molecule has 7 nitrogen and oxygen atoms in total. The lowest BCUT2D eigenvalue weighted by Gasteiger charge is -2.36. The zero-order chi connectivity index (χ0) is 29.1. The maximum Gasteiger partial charge on any atom is 0.312 e. The van der Waals surface area contributed by atoms with Gasteiger partial charge in [0.2, 0.25) is 12.4 Å². The van der Waals surface area contributed by atoms with Crippen molar-refractivity contribution in [2.45, 2.75) is 63.8 Å². The molecule has 0 saturated carbocycles. The van der Waals surface area contributed by atoms with Crippen LogP contribution in [0.1, 0.15) is 53.5 Å². The quantitative estimate of drug-likeness (QED) is 0.134. The minimum Gasteiger partial charge on any atom is -0.493 e. The molecule has 0 spiro atoms. The third-order valence-electron chi connectivity index (χ3n) is 7.37. The van der Waals surface area contributed by atoms with Crippen LogP contribution in [0.25, 0.3) is 0 Å². The Morgan fingerprint density at radius 3 is 2.21 bits per heavy atom. The smallest absolute Gasteiger partial charge is 0.312 e. The average molecular weight is 614 g/mol. The van der Waals surface area contributed by atoms with Crippen LogP contribution >= 0.6 is 34.5 Å². The summed E-state index contributed by atoms with van der Waals surface area (Å²) in [6.07, 6.45) is 2.86. The number of ether oxygens (including phenoxy) is 2. The molecule has 2 heterocycles. The molecule has 0 bridgehead atoms. The molecule has 3 rings (SSSR count). The third kappa shape index (κ3) is 7.26. The van der Waals surface area contributed by atoms with Gasteiger partial charge in [0, 0.05) is 26.0 Å². The summed E-state index contributed by atoms with van der Waals surface area (Å²) in [7, 11) is 1.10. The number of hydrogen-bond acceptors (Lipinski definition) is 6. The highest BCUT2D eigenvalue weighted by Crippen LogP contribution is 2.44. The molecule has 0 aliphatic carbocycles. The Kier molecular flexibility index (Phi) is 9.99. The van der Waals surface area contributed by atoms with Crippen LogP contribution in [-0.2, 0) is 22.2 Å². The van der Waals surface area contributed by atoms with Gasteiger partial charge in [0.05, 0.1) is 26.7 Å². The number of rotatable bonds is 11. The van der Waals surface area contributed by atoms with Gasteiger partial charge in [-0.25, -0.2) is 0 Å². The summed E-state index contributed by atoms with van der Waals surface area (Å²) >= 11 is 14.4. The van der Waals surface area contributed by atoms with Crippen LogP contribution in [0.4, 0.5) is 0 Å². The first-order valence-electron chi connectivity index (χ1n) is 12.4. The zero-order valence-electron chi connectivity index (χ0n) is 23.2. The summed E-state index contributed by atoms with van der Waals surface area (Å²) in [5.41, 5.74) is 1.26. The fraction of sp³-hybridized carbons (Fsp3) is 0.429. The van der Waals surface area contributed by atoms with Crippen molar-refractivity contribution in [1.29, 1.82) is 0 Å². The summed E-state index contributed by atoms with van der Waals surface area (Å²) in [5, 5.41) is 20.9. The van der Waals surface area contributed by atoms with Gasteiger partial charge in [-0.1, -0.05) is 50.0 Å². The lowest BCUT2D eigenvalue weighted by atomic mass is 9.80. The van der Waals surface area contributed by atoms with E-state index in [4.69, 9.17) is 37.1 Å². The van der Waals surface area contributed by atoms with Crippen molar-refractivity contribution in [3.8, 4) is 11.5 Å². The van der Waals surface area contributed by atoms with Crippen molar-refractivity contribution < 1.29 is 33.7 Å². The van der Waals surface area contributed by atoms with E-state index >= 15 is 0 Å². The Morgan fingerprint density at radius 1 is 1.05 bits per heavy atom. The van der Waals surface area contributed by atoms with Crippen molar-refractivity contribution in [2.24, 2.45) is 0 Å². The fourth-order valence-corrected chi connectivity index (χ4v) is 6.81. The second-order valence-corrected chi connectivity index (χ2v) is 17.7. The highest BCUT2D eigenvalue weighted by atomic mass is 35.5. The molecule has 0 aliphatic heterocycles. The van der Waals surface area contributed by atoms with Gasteiger partial charge in [0.15, 0.2) is 19.8 Å². The minimum absolute atomic E-state index is 0.0656. The Balaban J connectivity index is 2.07. The second kappa shape index (κ2) is 12.5. The van der Waals surface area contributed by atoms with Crippen LogP contribution in [0.5, 0.6) is 11.5 Å². The maximum absolute atomic E-state index is 12.9. The van der Waals surface area contributed by atoms with Crippen molar-refractivity contribution in [2.75, 3.05) is 14.2 Å². The molecule has 0 aliphatic rings. The summed E-state index contributed by atoms with van der Waals surface area (Å²) in [4.78, 5) is 14.5. The van der Waals surface area contributed by atoms with Gasteiger partial charge in [-0.3, -0.25) is 10.0 Å². The molecule has 0 amide bonds. The maximum atomic E-state index is 12.9. The lowest BCUT2D eigenvalue weighted by Crippen LogP contribution is -2.40. The predicted molar refractivity (Wildman–Crippen MR) is 157 cm³/mol. The molecule has 2 N–H and O–H groups in total. The fourth-order valence-electron chi connectivity index (χ4n) is 4.07. The second-order valence-electron chi connectivity index (χ2n) is 10.9. The molecule has 1 aromatic carbocycles. The molecular weight excluding hydrogens is 577 g/mol. The average Bonchev–Trinajstić information content (AvgIpc) is 3.31. The molecule has 212 valence electrons. The van der Waals surface area contributed by atoms with Gasteiger partial charge in [-0.2, -0.15) is 0 Å². The van der Waals surface area contributed by atoms with Crippen molar-refractivity contribution >= 4 is 48.8 Å². The number of carboxylic acid groups (broad SMARTS) is 1. The van der Waals surface area contributed by atoms with E-state index in [1.165, 1.54) is 30.8 Å². The number of thiophene rings is 1. The first kappa shape index (κ1) is 31.2. The van der Waals surface area contributed by atoms with Gasteiger partial charge in [0.25, 0.3) is 0 Å². The predicted octanol–water partition coefficient (Wildman–Crippen LogP) is 7.31. The molecule has 2 aromatic heterocycles. The summed E-state index contributed by atoms with van der Waals surface area (Å²) in [5.74, 6) is -1.45. The summed E-state index contributed by atoms with van der Waals surface area (Å²) < 4.78 is 18.1. The number of carboxylic acids is 1. The molecule has 0 saturated heterocycles. The molecule has 0 radical (unpaired) electrons. The van der Waals surface area contributed by atoms with Crippen molar-refractivity contribution in [3.05, 3.63) is 73.7 Å². The Morgan fingerprint density at radius 2 is 1.67 bits per heavy atom. The van der Waals surface area contributed by atoms with Gasteiger partial charge in [-0.05, 0) is 54.4 Å². The van der Waals surface area contributed by atoms with E-state index < -0.39 is 26.1 Å². The van der Waals surface area contributed by atoms with E-state index in [-0.39, 0.29) is 21.5 Å². The molecule has 11 heteroatoms. The highest BCUT2D eigenvalue weighted by molar-refractivity contribution is 7.12. The number of nitrogens with zero attached hydrogens (tertiary/aromatic N) is 1. The van der Waals surface area contributed by atoms with Crippen LogP contribution in [0.3, 0.4) is 0 Å². The number of pyridine rings is 1. The number of halogens is 2. The largest absolute Gasteiger partial charge is 0.493 e. The number of methoxy groups -OCH3 is 2. The first-order valence-corrected chi connectivity index (χ1v) is 16.9. The van der Waals surface area contributed by atoms with Gasteiger partial charge >= 0.3 is 5.97 Å². The van der Waals surface area contributed by atoms with E-state index in [1.54, 1.807) is 19.2 Å². The molecule has 0 fully saturated rings. The number of benzene rings is 1. The highest BCUT2D eigenvalue weighted by Gasteiger charge is 2.38. The Hall–Kier alpha value is -2.30. The number of hydrogen-bond donors (Lipinski definition) is 2. The zero-order valence-corrected chi connectivity index (χ0v) is 26.6. The Bertz CT molecular complexity index is 1300. The van der Waals surface area contributed by atoms with Crippen LogP contribution in [0.15, 0.2) is 42.7 Å². The summed E-state index contributed by atoms with van der Waals surface area (Å²) in [6.45, 7) is 11.4. The molecule has 3 aromatic rings. The van der Waals surface area contributed by atoms with E-state index in [0.717, 1.165) is 15.2 Å². The van der Waals surface area contributed by atoms with Gasteiger partial charge < -0.3 is 19.0 Å². The van der Waals surface area contributed by atoms with E-state index in [0.29, 0.717) is 28.5 Å². The van der Waals surface area contributed by atoms with E-state index in [9.17, 15) is 15.1 Å². The first-order chi connectivity index (χ1) is 18.2. The lowest BCUT2D eigenvalue weighted by molar-refractivity contribution is -0.904. The molecule has 39 heavy (non-hydrogen) atoms. The standard InChI is InChI=1S/C28H35Cl2NO6SSi/c1-28(2,3)39(6,7)37-16-18-9-11-25(38-18)26(27(32)33)19(13-20-21(29)14-31(34)15-22(20)30)17-8-10-23(35-4)24(12-17)36-5/h8-12,14-15,19,26H,13,16H2,1-7H3,(H-,32,33,34)/p+1/t19-,26?/m1/s1. The van der Waals surface area contributed by atoms with Crippen molar-refractivity contribution in [1.82, 2.24) is 0 Å². The third-order valence-corrected chi connectivity index (χ3v) is 13.6. The Labute approximate surface area is 245 Å². The van der Waals surface area contributed by atoms with Crippen LogP contribution < -0.4 is 14.2 Å². The number of carbonyl (C=O) groups is 1. The van der Waals surface area contributed by atoms with Crippen LogP contribution in [0.2, 0.25) is 28.2 Å². The topological polar surface area (TPSA) is 89.1 Å². The minimum atomic E-state index is -1.98. The van der Waals surface area contributed by atoms with Gasteiger partial charge in [0.1, 0.15) is 10.0 Å². The molecule has 2 atom stereocenters. The molecule has 1 unspecified atom stereocenters. The van der Waals surface area contributed by atoms with E-state index in [2.05, 4.69) is 33.9 Å². The summed E-state index contributed by atoms with van der Waals surface area (Å²) in [6, 6.07) is 9.16. The SMILES string of the molecule is COc1ccc([C@@H](Cc2c(Cl)c[n+](O)cc2Cl)C(C(=O)O)c2ccc(CO[Si](C)(C)C(C)(C)C)s2)cc1OC. The van der Waals surface area contributed by atoms with Gasteiger partial charge in [-0.15, -0.1) is 11.3 Å². The van der Waals surface area contributed by atoms with E-state index in [1.807, 2.05) is 18.2 Å².